The lowest BCUT2D eigenvalue weighted by atomic mass is 10.1. The van der Waals surface area contributed by atoms with Gasteiger partial charge in [0, 0.05) is 19.7 Å². The van der Waals surface area contributed by atoms with E-state index in [4.69, 9.17) is 5.11 Å². The van der Waals surface area contributed by atoms with E-state index in [2.05, 4.69) is 15.6 Å². The van der Waals surface area contributed by atoms with Gasteiger partial charge in [0.05, 0.1) is 5.56 Å². The molecule has 1 heterocycles. The van der Waals surface area contributed by atoms with Gasteiger partial charge < -0.3 is 15.7 Å². The van der Waals surface area contributed by atoms with Crippen LogP contribution in [0.15, 0.2) is 12.1 Å². The number of aliphatic hydroxyl groups excluding tert-OH is 1. The Kier molecular flexibility index (Phi) is 5.41. The first-order valence-electron chi connectivity index (χ1n) is 6.05. The largest absolute Gasteiger partial charge is 0.416 e. The zero-order chi connectivity index (χ0) is 14.5. The van der Waals surface area contributed by atoms with Crippen molar-refractivity contribution in [2.45, 2.75) is 32.0 Å². The highest BCUT2D eigenvalue weighted by Gasteiger charge is 2.31. The lowest BCUT2D eigenvalue weighted by Crippen LogP contribution is -2.21. The summed E-state index contributed by atoms with van der Waals surface area (Å²) >= 11 is 0. The van der Waals surface area contributed by atoms with Crippen LogP contribution >= 0.6 is 0 Å². The van der Waals surface area contributed by atoms with Crippen LogP contribution < -0.4 is 10.6 Å². The number of nitrogens with zero attached hydrogens (tertiary/aromatic N) is 1. The molecule has 3 N–H and O–H groups in total. The minimum absolute atomic E-state index is 0.0245. The van der Waals surface area contributed by atoms with Crippen molar-refractivity contribution in [3.8, 4) is 0 Å². The molecule has 1 aromatic heterocycles. The van der Waals surface area contributed by atoms with Gasteiger partial charge in [-0.3, -0.25) is 0 Å². The highest BCUT2D eigenvalue weighted by atomic mass is 19.4. The molecule has 0 aliphatic carbocycles. The third-order valence-corrected chi connectivity index (χ3v) is 2.73. The number of hydrogen-bond donors (Lipinski definition) is 3. The van der Waals surface area contributed by atoms with E-state index < -0.39 is 11.7 Å². The number of alkyl halides is 3. The molecule has 0 aliphatic heterocycles. The van der Waals surface area contributed by atoms with Crippen molar-refractivity contribution in [1.82, 2.24) is 4.98 Å². The van der Waals surface area contributed by atoms with Gasteiger partial charge in [-0.15, -0.1) is 0 Å². The van der Waals surface area contributed by atoms with Crippen LogP contribution in [0.2, 0.25) is 0 Å². The second-order valence-corrected chi connectivity index (χ2v) is 4.14. The monoisotopic (exact) mass is 277 g/mol. The molecule has 1 rings (SSSR count). The van der Waals surface area contributed by atoms with E-state index in [1.165, 1.54) is 7.05 Å². The van der Waals surface area contributed by atoms with Crippen molar-refractivity contribution in [1.29, 1.82) is 0 Å². The normalized spacial score (nSPS) is 13.2. The molecule has 19 heavy (non-hydrogen) atoms. The van der Waals surface area contributed by atoms with Crippen molar-refractivity contribution in [2.75, 3.05) is 24.3 Å². The maximum absolute atomic E-state index is 12.7. The molecule has 108 valence electrons. The van der Waals surface area contributed by atoms with Gasteiger partial charge in [0.2, 0.25) is 0 Å². The summed E-state index contributed by atoms with van der Waals surface area (Å²) in [6.07, 6.45) is -3.26. The van der Waals surface area contributed by atoms with Gasteiger partial charge in [0.25, 0.3) is 0 Å². The van der Waals surface area contributed by atoms with E-state index in [0.717, 1.165) is 12.1 Å². The quantitative estimate of drug-likeness (QED) is 0.748. The van der Waals surface area contributed by atoms with E-state index in [-0.39, 0.29) is 24.3 Å². The van der Waals surface area contributed by atoms with E-state index >= 15 is 0 Å². The molecule has 1 atom stereocenters. The number of hydrogen-bond acceptors (Lipinski definition) is 4. The molecule has 0 bridgehead atoms. The van der Waals surface area contributed by atoms with E-state index in [1.807, 2.05) is 6.92 Å². The lowest BCUT2D eigenvalue weighted by molar-refractivity contribution is -0.137. The third kappa shape index (κ3) is 4.59. The summed E-state index contributed by atoms with van der Waals surface area (Å²) in [7, 11) is 1.51. The number of nitrogens with one attached hydrogen (secondary N) is 2. The molecular weight excluding hydrogens is 259 g/mol. The Morgan fingerprint density at radius 1 is 1.32 bits per heavy atom. The average Bonchev–Trinajstić information content (AvgIpc) is 2.36. The molecule has 7 heteroatoms. The number of anilines is 2. The minimum atomic E-state index is -4.41. The lowest BCUT2D eigenvalue weighted by Gasteiger charge is -2.18. The predicted octanol–water partition coefficient (Wildman–Crippen LogP) is 2.72. The third-order valence-electron chi connectivity index (χ3n) is 2.73. The fourth-order valence-corrected chi connectivity index (χ4v) is 1.64. The van der Waals surface area contributed by atoms with Crippen LogP contribution in [0.4, 0.5) is 24.8 Å². The summed E-state index contributed by atoms with van der Waals surface area (Å²) < 4.78 is 38.2. The topological polar surface area (TPSA) is 57.2 Å². The maximum atomic E-state index is 12.7. The van der Waals surface area contributed by atoms with Gasteiger partial charge in [0.1, 0.15) is 11.6 Å². The van der Waals surface area contributed by atoms with Crippen molar-refractivity contribution in [3.05, 3.63) is 17.7 Å². The fraction of sp³-hybridized carbons (Fsp3) is 0.583. The van der Waals surface area contributed by atoms with Crippen LogP contribution in [0.3, 0.4) is 0 Å². The summed E-state index contributed by atoms with van der Waals surface area (Å²) in [6, 6.07) is 1.82. The summed E-state index contributed by atoms with van der Waals surface area (Å²) in [4.78, 5) is 4.03. The van der Waals surface area contributed by atoms with Crippen LogP contribution in [-0.4, -0.2) is 29.8 Å². The van der Waals surface area contributed by atoms with Gasteiger partial charge in [-0.1, -0.05) is 6.92 Å². The fourth-order valence-electron chi connectivity index (χ4n) is 1.64. The standard InChI is InChI=1S/C12H18F3N3O/c1-3-9(4-5-19)17-11-7-8(12(13,14)15)6-10(16-2)18-11/h6-7,9,19H,3-5H2,1-2H3,(H2,16,17,18). The Labute approximate surface area is 110 Å². The van der Waals surface area contributed by atoms with Crippen molar-refractivity contribution < 1.29 is 18.3 Å². The molecule has 0 saturated carbocycles. The second-order valence-electron chi connectivity index (χ2n) is 4.14. The van der Waals surface area contributed by atoms with E-state index in [0.29, 0.717) is 12.8 Å². The Morgan fingerprint density at radius 3 is 2.42 bits per heavy atom. The van der Waals surface area contributed by atoms with Gasteiger partial charge >= 0.3 is 6.18 Å². The summed E-state index contributed by atoms with van der Waals surface area (Å²) in [5.74, 6) is 0.302. The molecular formula is C12H18F3N3O. The van der Waals surface area contributed by atoms with E-state index in [1.54, 1.807) is 0 Å². The predicted molar refractivity (Wildman–Crippen MR) is 68.2 cm³/mol. The Bertz CT molecular complexity index is 410. The van der Waals surface area contributed by atoms with Crippen LogP contribution in [0, 0.1) is 0 Å². The molecule has 0 spiro atoms. The molecule has 0 aliphatic rings. The molecule has 1 aromatic rings. The second kappa shape index (κ2) is 6.60. The van der Waals surface area contributed by atoms with Gasteiger partial charge in [-0.05, 0) is 25.0 Å². The molecule has 0 aromatic carbocycles. The van der Waals surface area contributed by atoms with Gasteiger partial charge in [-0.2, -0.15) is 13.2 Å². The van der Waals surface area contributed by atoms with Crippen LogP contribution in [-0.2, 0) is 6.18 Å². The molecule has 0 amide bonds. The average molecular weight is 277 g/mol. The highest BCUT2D eigenvalue weighted by Crippen LogP contribution is 2.32. The van der Waals surface area contributed by atoms with Gasteiger partial charge in [-0.25, -0.2) is 4.98 Å². The summed E-state index contributed by atoms with van der Waals surface area (Å²) in [6.45, 7) is 1.86. The first-order chi connectivity index (χ1) is 8.90. The molecule has 4 nitrogen and oxygen atoms in total. The maximum Gasteiger partial charge on any atom is 0.416 e. The Hall–Kier alpha value is -1.50. The van der Waals surface area contributed by atoms with Crippen LogP contribution in [0.25, 0.3) is 0 Å². The smallest absolute Gasteiger partial charge is 0.396 e. The van der Waals surface area contributed by atoms with Gasteiger partial charge in [0.15, 0.2) is 0 Å². The molecule has 1 unspecified atom stereocenters. The Balaban J connectivity index is 3.00. The minimum Gasteiger partial charge on any atom is -0.396 e. The van der Waals surface area contributed by atoms with Crippen molar-refractivity contribution >= 4 is 11.6 Å². The van der Waals surface area contributed by atoms with Crippen LogP contribution in [0.1, 0.15) is 25.3 Å². The number of rotatable bonds is 6. The number of aliphatic hydroxyl groups is 1. The van der Waals surface area contributed by atoms with Crippen molar-refractivity contribution in [2.24, 2.45) is 0 Å². The zero-order valence-electron chi connectivity index (χ0n) is 10.9. The summed E-state index contributed by atoms with van der Waals surface area (Å²) in [5, 5.41) is 14.4. The summed E-state index contributed by atoms with van der Waals surface area (Å²) in [5.41, 5.74) is -0.756. The van der Waals surface area contributed by atoms with Crippen molar-refractivity contribution in [3.63, 3.8) is 0 Å². The molecule has 0 fully saturated rings. The molecule has 0 radical (unpaired) electrons. The first-order valence-corrected chi connectivity index (χ1v) is 6.05. The van der Waals surface area contributed by atoms with E-state index in [9.17, 15) is 13.2 Å². The first kappa shape index (κ1) is 15.6. The Morgan fingerprint density at radius 2 is 1.95 bits per heavy atom. The number of aromatic nitrogens is 1. The number of pyridine rings is 1. The van der Waals surface area contributed by atoms with Crippen LogP contribution in [0.5, 0.6) is 0 Å². The zero-order valence-corrected chi connectivity index (χ0v) is 10.9. The molecule has 0 saturated heterocycles. The highest BCUT2D eigenvalue weighted by molar-refractivity contribution is 5.49. The SMILES string of the molecule is CCC(CCO)Nc1cc(C(F)(F)F)cc(NC)n1. The number of halogens is 3.